The summed E-state index contributed by atoms with van der Waals surface area (Å²) < 4.78 is 0. The molecule has 0 aromatic rings. The summed E-state index contributed by atoms with van der Waals surface area (Å²) in [7, 11) is 0. The van der Waals surface area contributed by atoms with Gasteiger partial charge in [0, 0.05) is 11.2 Å². The van der Waals surface area contributed by atoms with E-state index >= 15 is 0 Å². The van der Waals surface area contributed by atoms with Crippen LogP contribution in [0.4, 0.5) is 0 Å². The van der Waals surface area contributed by atoms with Gasteiger partial charge in [-0.1, -0.05) is 35.4 Å². The molecular formula is C15H22BrClO. The Morgan fingerprint density at radius 2 is 1.94 bits per heavy atom. The van der Waals surface area contributed by atoms with E-state index in [0.717, 1.165) is 19.3 Å². The molecule has 0 N–H and O–H groups in total. The van der Waals surface area contributed by atoms with Crippen LogP contribution >= 0.6 is 27.5 Å². The van der Waals surface area contributed by atoms with Crippen molar-refractivity contribution in [2.24, 2.45) is 10.8 Å². The minimum Gasteiger partial charge on any atom is -0.295 e. The topological polar surface area (TPSA) is 17.1 Å². The first kappa shape index (κ1) is 14.6. The second-order valence-electron chi connectivity index (χ2n) is 6.89. The van der Waals surface area contributed by atoms with E-state index in [9.17, 15) is 4.79 Å². The molecule has 18 heavy (non-hydrogen) atoms. The summed E-state index contributed by atoms with van der Waals surface area (Å²) in [6.07, 6.45) is 5.62. The quantitative estimate of drug-likeness (QED) is 0.578. The summed E-state index contributed by atoms with van der Waals surface area (Å²) in [6, 6.07) is 0. The van der Waals surface area contributed by atoms with Crippen molar-refractivity contribution in [1.82, 2.24) is 0 Å². The zero-order valence-corrected chi connectivity index (χ0v) is 14.0. The van der Waals surface area contributed by atoms with E-state index in [1.54, 1.807) is 0 Å². The van der Waals surface area contributed by atoms with Crippen LogP contribution in [0.1, 0.15) is 53.4 Å². The molecule has 0 heterocycles. The van der Waals surface area contributed by atoms with Crippen LogP contribution in [0, 0.1) is 10.8 Å². The van der Waals surface area contributed by atoms with Gasteiger partial charge < -0.3 is 0 Å². The molecular weight excluding hydrogens is 312 g/mol. The maximum atomic E-state index is 11.8. The van der Waals surface area contributed by atoms with Crippen molar-refractivity contribution in [3.8, 4) is 0 Å². The second kappa shape index (κ2) is 4.34. The van der Waals surface area contributed by atoms with E-state index in [4.69, 9.17) is 11.6 Å². The molecule has 0 unspecified atom stereocenters. The van der Waals surface area contributed by atoms with Crippen molar-refractivity contribution >= 4 is 33.3 Å². The Balaban J connectivity index is 2.42. The van der Waals surface area contributed by atoms with E-state index in [1.807, 2.05) is 6.08 Å². The van der Waals surface area contributed by atoms with E-state index in [2.05, 4.69) is 43.6 Å². The Bertz CT molecular complexity index is 411. The highest BCUT2D eigenvalue weighted by Gasteiger charge is 2.55. The molecule has 2 aliphatic rings. The standard InChI is InChI=1S/C15H22BrClO/c1-10-7-11(18)8-13(2,3)15(10)6-5-14(4,17)12(16)9-15/h7,12H,5-6,8-9H2,1-4H3/t12-,14-,15-/m1/s1. The molecule has 0 aromatic carbocycles. The number of halogens is 2. The number of hydrogen-bond acceptors (Lipinski definition) is 1. The average Bonchev–Trinajstić information content (AvgIpc) is 2.19. The van der Waals surface area contributed by atoms with Gasteiger partial charge in [-0.15, -0.1) is 11.6 Å². The summed E-state index contributed by atoms with van der Waals surface area (Å²) in [5.41, 5.74) is 1.41. The number of carbonyl (C=O) groups is 1. The minimum absolute atomic E-state index is 0.0301. The smallest absolute Gasteiger partial charge is 0.156 e. The monoisotopic (exact) mass is 332 g/mol. The van der Waals surface area contributed by atoms with Gasteiger partial charge in [0.25, 0.3) is 0 Å². The molecule has 2 aliphatic carbocycles. The maximum Gasteiger partial charge on any atom is 0.156 e. The molecule has 0 bridgehead atoms. The lowest BCUT2D eigenvalue weighted by molar-refractivity contribution is -0.120. The van der Waals surface area contributed by atoms with Crippen LogP contribution < -0.4 is 0 Å². The first-order chi connectivity index (χ1) is 8.11. The average molecular weight is 334 g/mol. The van der Waals surface area contributed by atoms with E-state index in [1.165, 1.54) is 5.57 Å². The second-order valence-corrected chi connectivity index (χ2v) is 8.85. The molecule has 1 spiro atoms. The largest absolute Gasteiger partial charge is 0.295 e. The highest BCUT2D eigenvalue weighted by atomic mass is 79.9. The molecule has 2 rings (SSSR count). The van der Waals surface area contributed by atoms with E-state index in [-0.39, 0.29) is 21.5 Å². The number of allylic oxidation sites excluding steroid dienone is 2. The molecule has 0 amide bonds. The highest BCUT2D eigenvalue weighted by Crippen LogP contribution is 2.61. The maximum absolute atomic E-state index is 11.8. The van der Waals surface area contributed by atoms with Crippen LogP contribution in [-0.2, 0) is 4.79 Å². The van der Waals surface area contributed by atoms with Gasteiger partial charge in [-0.25, -0.2) is 0 Å². The van der Waals surface area contributed by atoms with Crippen molar-refractivity contribution in [1.29, 1.82) is 0 Å². The summed E-state index contributed by atoms with van der Waals surface area (Å²) in [5, 5.41) is 0. The van der Waals surface area contributed by atoms with Crippen LogP contribution in [0.25, 0.3) is 0 Å². The van der Waals surface area contributed by atoms with Gasteiger partial charge >= 0.3 is 0 Å². The van der Waals surface area contributed by atoms with Crippen molar-refractivity contribution in [2.75, 3.05) is 0 Å². The van der Waals surface area contributed by atoms with Crippen LogP contribution in [0.2, 0.25) is 0 Å². The van der Waals surface area contributed by atoms with Crippen LogP contribution in [0.15, 0.2) is 11.6 Å². The number of rotatable bonds is 0. The lowest BCUT2D eigenvalue weighted by atomic mass is 9.51. The van der Waals surface area contributed by atoms with Crippen LogP contribution in [0.3, 0.4) is 0 Å². The Kier molecular flexibility index (Phi) is 3.52. The normalized spacial score (nSPS) is 44.0. The fraction of sp³-hybridized carbons (Fsp3) is 0.800. The first-order valence-electron chi connectivity index (χ1n) is 6.65. The number of alkyl halides is 2. The van der Waals surface area contributed by atoms with E-state index in [0.29, 0.717) is 11.2 Å². The first-order valence-corrected chi connectivity index (χ1v) is 7.95. The molecule has 1 saturated carbocycles. The third-order valence-electron chi connectivity index (χ3n) is 5.27. The Labute approximate surface area is 123 Å². The summed E-state index contributed by atoms with van der Waals surface area (Å²) in [6.45, 7) is 8.70. The molecule has 0 radical (unpaired) electrons. The summed E-state index contributed by atoms with van der Waals surface area (Å²) in [5.74, 6) is 0.272. The molecule has 0 aromatic heterocycles. The number of carbonyl (C=O) groups excluding carboxylic acids is 1. The lowest BCUT2D eigenvalue weighted by Crippen LogP contribution is -2.51. The predicted molar refractivity (Wildman–Crippen MR) is 80.4 cm³/mol. The summed E-state index contributed by atoms with van der Waals surface area (Å²) in [4.78, 5) is 11.9. The van der Waals surface area contributed by atoms with Gasteiger partial charge in [0.15, 0.2) is 5.78 Å². The highest BCUT2D eigenvalue weighted by molar-refractivity contribution is 9.09. The summed E-state index contributed by atoms with van der Waals surface area (Å²) >= 11 is 10.3. The number of hydrogen-bond donors (Lipinski definition) is 0. The Morgan fingerprint density at radius 3 is 2.44 bits per heavy atom. The fourth-order valence-electron chi connectivity index (χ4n) is 3.78. The molecule has 0 saturated heterocycles. The van der Waals surface area contributed by atoms with Gasteiger partial charge in [-0.3, -0.25) is 4.79 Å². The van der Waals surface area contributed by atoms with Gasteiger partial charge in [0.1, 0.15) is 0 Å². The minimum atomic E-state index is -0.164. The molecule has 1 nitrogen and oxygen atoms in total. The SMILES string of the molecule is CC1=CC(=O)CC(C)(C)[C@@]12CC[C@@](C)(Cl)[C@H](Br)C2. The zero-order chi connectivity index (χ0) is 13.8. The van der Waals surface area contributed by atoms with Gasteiger partial charge in [-0.05, 0) is 50.0 Å². The Morgan fingerprint density at radius 1 is 1.33 bits per heavy atom. The Hall–Kier alpha value is 0.180. The third kappa shape index (κ3) is 2.10. The van der Waals surface area contributed by atoms with Crippen molar-refractivity contribution < 1.29 is 4.79 Å². The third-order valence-corrected chi connectivity index (χ3v) is 7.32. The van der Waals surface area contributed by atoms with Gasteiger partial charge in [-0.2, -0.15) is 0 Å². The molecule has 1 fully saturated rings. The van der Waals surface area contributed by atoms with Crippen LogP contribution in [0.5, 0.6) is 0 Å². The number of ketones is 1. The van der Waals surface area contributed by atoms with Crippen LogP contribution in [-0.4, -0.2) is 15.5 Å². The predicted octanol–water partition coefficient (Wildman–Crippen LogP) is 4.86. The fourth-order valence-corrected chi connectivity index (χ4v) is 4.73. The molecule has 3 atom stereocenters. The van der Waals surface area contributed by atoms with E-state index < -0.39 is 0 Å². The molecule has 0 aliphatic heterocycles. The van der Waals surface area contributed by atoms with Crippen molar-refractivity contribution in [3.63, 3.8) is 0 Å². The van der Waals surface area contributed by atoms with Gasteiger partial charge in [0.2, 0.25) is 0 Å². The zero-order valence-electron chi connectivity index (χ0n) is 11.6. The van der Waals surface area contributed by atoms with Gasteiger partial charge in [0.05, 0.1) is 4.87 Å². The van der Waals surface area contributed by atoms with Crippen molar-refractivity contribution in [2.45, 2.75) is 63.1 Å². The van der Waals surface area contributed by atoms with Crippen molar-refractivity contribution in [3.05, 3.63) is 11.6 Å². The lowest BCUT2D eigenvalue weighted by Gasteiger charge is -2.56. The molecule has 102 valence electrons. The molecule has 3 heteroatoms.